The molecule has 2 aliphatic heterocycles. The monoisotopic (exact) mass is 242 g/mol. The lowest BCUT2D eigenvalue weighted by Gasteiger charge is -2.34. The summed E-state index contributed by atoms with van der Waals surface area (Å²) in [6.07, 6.45) is 0. The van der Waals surface area contributed by atoms with Gasteiger partial charge in [0.2, 0.25) is 0 Å². The van der Waals surface area contributed by atoms with Crippen LogP contribution in [0.15, 0.2) is 0 Å². The molecule has 0 aromatic carbocycles. The van der Waals surface area contributed by atoms with Crippen LogP contribution in [0.3, 0.4) is 0 Å². The number of hydrogen-bond acceptors (Lipinski definition) is 4. The van der Waals surface area contributed by atoms with Crippen molar-refractivity contribution in [2.75, 3.05) is 26.3 Å². The van der Waals surface area contributed by atoms with Gasteiger partial charge in [-0.1, -0.05) is 5.06 Å². The van der Waals surface area contributed by atoms with Gasteiger partial charge < -0.3 is 9.94 Å². The maximum Gasteiger partial charge on any atom is 0.383 e. The molecule has 0 unspecified atom stereocenters. The van der Waals surface area contributed by atoms with Crippen LogP contribution in [-0.2, 0) is 9.94 Å². The van der Waals surface area contributed by atoms with Gasteiger partial charge in [-0.3, -0.25) is 9.64 Å². The van der Waals surface area contributed by atoms with Gasteiger partial charge in [-0.05, 0) is 32.9 Å². The average molecular weight is 242 g/mol. The Morgan fingerprint density at radius 3 is 2.18 bits per heavy atom. The van der Waals surface area contributed by atoms with E-state index in [0.29, 0.717) is 26.3 Å². The molecule has 2 heterocycles. The first-order valence-corrected chi connectivity index (χ1v) is 5.94. The van der Waals surface area contributed by atoms with E-state index in [-0.39, 0.29) is 5.96 Å². The molecule has 1 radical (unpaired) electrons. The van der Waals surface area contributed by atoms with Crippen molar-refractivity contribution in [3.63, 3.8) is 0 Å². The summed E-state index contributed by atoms with van der Waals surface area (Å²) in [4.78, 5) is 1.82. The molecule has 0 amide bonds. The van der Waals surface area contributed by atoms with E-state index < -0.39 is 11.1 Å². The van der Waals surface area contributed by atoms with Gasteiger partial charge in [0.05, 0.1) is 26.3 Å². The molecule has 0 atom stereocenters. The second-order valence-corrected chi connectivity index (χ2v) is 5.61. The molecule has 0 aromatic rings. The van der Waals surface area contributed by atoms with Crippen LogP contribution in [0, 0.1) is 5.21 Å². The second kappa shape index (κ2) is 3.74. The minimum absolute atomic E-state index is 0.225. The Hall–Kier alpha value is -1.01. The van der Waals surface area contributed by atoms with Gasteiger partial charge in [-0.25, -0.2) is 0 Å². The van der Waals surface area contributed by atoms with Crippen molar-refractivity contribution in [1.82, 2.24) is 9.96 Å². The number of nitrogens with zero attached hydrogens (tertiary/aromatic N) is 3. The van der Waals surface area contributed by atoms with Crippen molar-refractivity contribution >= 4 is 5.96 Å². The Labute approximate surface area is 102 Å². The second-order valence-electron chi connectivity index (χ2n) is 5.61. The van der Waals surface area contributed by atoms with Gasteiger partial charge in [0.15, 0.2) is 5.54 Å². The van der Waals surface area contributed by atoms with Crippen molar-refractivity contribution in [2.24, 2.45) is 0 Å². The van der Waals surface area contributed by atoms with Gasteiger partial charge in [0, 0.05) is 0 Å². The molecule has 2 rings (SSSR count). The van der Waals surface area contributed by atoms with Crippen LogP contribution in [0.2, 0.25) is 0 Å². The fourth-order valence-corrected chi connectivity index (χ4v) is 2.10. The molecule has 0 aromatic heterocycles. The predicted molar refractivity (Wildman–Crippen MR) is 61.7 cm³/mol. The normalized spacial score (nSPS) is 27.8. The molecule has 2 aliphatic rings. The topological polar surface area (TPSA) is 61.7 Å². The summed E-state index contributed by atoms with van der Waals surface area (Å²) < 4.78 is 6.09. The molecule has 0 aliphatic carbocycles. The van der Waals surface area contributed by atoms with Crippen LogP contribution in [0.1, 0.15) is 27.7 Å². The maximum absolute atomic E-state index is 12.3. The van der Waals surface area contributed by atoms with Gasteiger partial charge >= 0.3 is 5.96 Å². The molecule has 6 heteroatoms. The lowest BCUT2D eigenvalue weighted by Crippen LogP contribution is -2.55. The summed E-state index contributed by atoms with van der Waals surface area (Å²) in [7, 11) is 0. The third-order valence-electron chi connectivity index (χ3n) is 4.17. The quantitative estimate of drug-likeness (QED) is 0.456. The lowest BCUT2D eigenvalue weighted by atomic mass is 9.84. The van der Waals surface area contributed by atoms with E-state index in [4.69, 9.17) is 4.74 Å². The van der Waals surface area contributed by atoms with Crippen LogP contribution < -0.4 is 0 Å². The first kappa shape index (κ1) is 12.4. The van der Waals surface area contributed by atoms with Gasteiger partial charge in [0.25, 0.3) is 0 Å². The molecule has 0 spiro atoms. The molecule has 0 saturated carbocycles. The summed E-state index contributed by atoms with van der Waals surface area (Å²) in [5.74, 6) is 0.225. The van der Waals surface area contributed by atoms with Crippen molar-refractivity contribution in [2.45, 2.75) is 38.8 Å². The fraction of sp³-hybridized carbons (Fsp3) is 0.909. The van der Waals surface area contributed by atoms with E-state index in [1.807, 2.05) is 4.90 Å². The first-order valence-electron chi connectivity index (χ1n) is 5.94. The molecular weight excluding hydrogens is 222 g/mol. The van der Waals surface area contributed by atoms with Gasteiger partial charge in [-0.15, -0.1) is 0 Å². The zero-order valence-corrected chi connectivity index (χ0v) is 10.9. The number of hydroxylamine groups is 3. The van der Waals surface area contributed by atoms with Crippen molar-refractivity contribution in [3.05, 3.63) is 5.21 Å². The summed E-state index contributed by atoms with van der Waals surface area (Å²) in [6.45, 7) is 9.53. The highest BCUT2D eigenvalue weighted by atomic mass is 16.5. The van der Waals surface area contributed by atoms with Crippen molar-refractivity contribution < 1.29 is 14.7 Å². The lowest BCUT2D eigenvalue weighted by molar-refractivity contribution is -0.543. The number of guanidine groups is 1. The third kappa shape index (κ3) is 1.58. The largest absolute Gasteiger partial charge is 0.744 e. The van der Waals surface area contributed by atoms with Crippen molar-refractivity contribution in [3.8, 4) is 0 Å². The minimum Gasteiger partial charge on any atom is -0.744 e. The third-order valence-corrected chi connectivity index (χ3v) is 4.17. The molecule has 17 heavy (non-hydrogen) atoms. The number of ether oxygens (including phenoxy) is 1. The summed E-state index contributed by atoms with van der Waals surface area (Å²) in [6, 6.07) is 0. The first-order chi connectivity index (χ1) is 7.80. The van der Waals surface area contributed by atoms with Gasteiger partial charge in [0.1, 0.15) is 5.54 Å². The summed E-state index contributed by atoms with van der Waals surface area (Å²) >= 11 is 0. The molecule has 0 N–H and O–H groups in total. The number of morpholine rings is 1. The van der Waals surface area contributed by atoms with Crippen LogP contribution in [-0.4, -0.2) is 58.0 Å². The Morgan fingerprint density at radius 2 is 1.76 bits per heavy atom. The fourth-order valence-electron chi connectivity index (χ4n) is 2.10. The summed E-state index contributed by atoms with van der Waals surface area (Å²) in [5.41, 5.74) is -1.47. The van der Waals surface area contributed by atoms with E-state index in [2.05, 4.69) is 0 Å². The maximum atomic E-state index is 12.3. The van der Waals surface area contributed by atoms with Crippen LogP contribution in [0.4, 0.5) is 0 Å². The van der Waals surface area contributed by atoms with E-state index in [0.717, 1.165) is 9.80 Å². The molecule has 0 bridgehead atoms. The Balaban J connectivity index is 2.35. The zero-order chi connectivity index (χ0) is 12.8. The Bertz CT molecular complexity index is 346. The number of hydrogen-bond donors (Lipinski definition) is 0. The van der Waals surface area contributed by atoms with Crippen molar-refractivity contribution in [1.29, 1.82) is 0 Å². The molecule has 97 valence electrons. The van der Waals surface area contributed by atoms with Gasteiger partial charge in [-0.2, -0.15) is 0 Å². The molecule has 6 nitrogen and oxygen atoms in total. The smallest absolute Gasteiger partial charge is 0.383 e. The highest BCUT2D eigenvalue weighted by molar-refractivity contribution is 5.77. The molecule has 1 fully saturated rings. The minimum atomic E-state index is -0.734. The zero-order valence-electron chi connectivity index (χ0n) is 10.9. The van der Waals surface area contributed by atoms with E-state index in [1.54, 1.807) is 27.7 Å². The number of rotatable bonds is 0. The van der Waals surface area contributed by atoms with Crippen LogP contribution >= 0.6 is 0 Å². The van der Waals surface area contributed by atoms with E-state index in [1.165, 1.54) is 0 Å². The predicted octanol–water partition coefficient (Wildman–Crippen LogP) is 0.403. The van der Waals surface area contributed by atoms with Crippen LogP contribution in [0.5, 0.6) is 0 Å². The Kier molecular flexibility index (Phi) is 2.74. The SMILES string of the molecule is CC1(C)N([O])C(N2CCOCC2)=[N+]([O-])C1(C)C. The van der Waals surface area contributed by atoms with Crippen LogP contribution in [0.25, 0.3) is 0 Å². The molecular formula is C11H20N3O3. The Morgan fingerprint density at radius 1 is 1.24 bits per heavy atom. The standard InChI is InChI=1S/C11H20N3O3/c1-10(2)11(3,4)14(16)9(13(10)15)12-5-7-17-8-6-12/h5-8H2,1-4H3. The van der Waals surface area contributed by atoms with E-state index in [9.17, 15) is 10.4 Å². The highest BCUT2D eigenvalue weighted by Crippen LogP contribution is 2.36. The average Bonchev–Trinajstić information content (AvgIpc) is 2.40. The molecule has 1 saturated heterocycles. The van der Waals surface area contributed by atoms with E-state index >= 15 is 0 Å². The highest BCUT2D eigenvalue weighted by Gasteiger charge is 2.59. The summed E-state index contributed by atoms with van der Waals surface area (Å²) in [5, 5.41) is 25.5.